The summed E-state index contributed by atoms with van der Waals surface area (Å²) in [5, 5.41) is 0. The molecule has 1 aromatic rings. The molecule has 0 amide bonds. The predicted molar refractivity (Wildman–Crippen MR) is 51.3 cm³/mol. The maximum atomic E-state index is 4.56. The smallest absolute Gasteiger partial charge is 0.114 e. The van der Waals surface area contributed by atoms with Crippen LogP contribution in [0.4, 0.5) is 0 Å². The summed E-state index contributed by atoms with van der Waals surface area (Å²) in [5.74, 6) is 1.17. The Morgan fingerprint density at radius 2 is 2.00 bits per heavy atom. The van der Waals surface area contributed by atoms with Gasteiger partial charge in [-0.2, -0.15) is 0 Å². The van der Waals surface area contributed by atoms with Crippen molar-refractivity contribution in [2.45, 2.75) is 39.5 Å². The minimum atomic E-state index is 0.155. The van der Waals surface area contributed by atoms with Gasteiger partial charge in [0.2, 0.25) is 0 Å². The van der Waals surface area contributed by atoms with Crippen LogP contribution >= 0.6 is 0 Å². The highest BCUT2D eigenvalue weighted by Gasteiger charge is 2.19. The van der Waals surface area contributed by atoms with E-state index >= 15 is 0 Å². The summed E-state index contributed by atoms with van der Waals surface area (Å²) in [4.78, 5) is 4.56. The van der Waals surface area contributed by atoms with Crippen LogP contribution < -0.4 is 0 Å². The van der Waals surface area contributed by atoms with Gasteiger partial charge in [0.1, 0.15) is 5.82 Å². The van der Waals surface area contributed by atoms with Crippen LogP contribution in [0.5, 0.6) is 0 Å². The summed E-state index contributed by atoms with van der Waals surface area (Å²) in [6, 6.07) is 0. The first-order valence-corrected chi connectivity index (χ1v) is 4.48. The average molecular weight is 166 g/mol. The highest BCUT2D eigenvalue weighted by molar-refractivity contribution is 5.10. The molecule has 0 aromatic carbocycles. The number of hydrogen-bond donors (Lipinski definition) is 0. The van der Waals surface area contributed by atoms with Crippen LogP contribution in [0.1, 0.15) is 39.2 Å². The van der Waals surface area contributed by atoms with Gasteiger partial charge in [-0.25, -0.2) is 4.98 Å². The molecule has 68 valence electrons. The van der Waals surface area contributed by atoms with E-state index in [1.165, 1.54) is 11.5 Å². The molecule has 0 radical (unpaired) electrons. The number of rotatable bonds is 1. The normalized spacial score (nSPS) is 12.1. The molecule has 0 saturated carbocycles. The zero-order valence-electron chi connectivity index (χ0n) is 8.68. The fourth-order valence-corrected chi connectivity index (χ4v) is 1.40. The number of hydrogen-bond acceptors (Lipinski definition) is 1. The summed E-state index contributed by atoms with van der Waals surface area (Å²) >= 11 is 0. The van der Waals surface area contributed by atoms with Gasteiger partial charge in [0.25, 0.3) is 0 Å². The Balaban J connectivity index is 3.08. The third-order valence-electron chi connectivity index (χ3n) is 1.96. The third-order valence-corrected chi connectivity index (χ3v) is 1.96. The third kappa shape index (κ3) is 1.68. The van der Waals surface area contributed by atoms with Crippen LogP contribution in [0, 0.1) is 0 Å². The highest BCUT2D eigenvalue weighted by Crippen LogP contribution is 2.20. The number of nitrogens with zero attached hydrogens (tertiary/aromatic N) is 2. The number of aromatic nitrogens is 2. The van der Waals surface area contributed by atoms with Gasteiger partial charge in [0.15, 0.2) is 0 Å². The van der Waals surface area contributed by atoms with Crippen LogP contribution in [0.15, 0.2) is 6.20 Å². The summed E-state index contributed by atoms with van der Waals surface area (Å²) in [6.07, 6.45) is 3.13. The van der Waals surface area contributed by atoms with Crippen molar-refractivity contribution in [2.75, 3.05) is 0 Å². The molecule has 0 aliphatic heterocycles. The Hall–Kier alpha value is -0.790. The van der Waals surface area contributed by atoms with Gasteiger partial charge >= 0.3 is 0 Å². The van der Waals surface area contributed by atoms with Gasteiger partial charge in [-0.05, 0) is 6.42 Å². The van der Waals surface area contributed by atoms with Crippen molar-refractivity contribution in [3.05, 3.63) is 17.7 Å². The van der Waals surface area contributed by atoms with Gasteiger partial charge in [-0.1, -0.05) is 27.7 Å². The van der Waals surface area contributed by atoms with E-state index in [0.29, 0.717) is 0 Å². The van der Waals surface area contributed by atoms with Gasteiger partial charge in [0, 0.05) is 18.7 Å². The molecule has 0 aliphatic carbocycles. The second-order valence-electron chi connectivity index (χ2n) is 4.27. The zero-order chi connectivity index (χ0) is 9.35. The van der Waals surface area contributed by atoms with E-state index in [9.17, 15) is 0 Å². The molecular formula is C10H18N2. The first-order valence-electron chi connectivity index (χ1n) is 4.48. The van der Waals surface area contributed by atoms with E-state index < -0.39 is 0 Å². The van der Waals surface area contributed by atoms with Gasteiger partial charge in [0.05, 0.1) is 5.69 Å². The van der Waals surface area contributed by atoms with Crippen LogP contribution in [0.25, 0.3) is 0 Å². The maximum absolute atomic E-state index is 4.56. The number of aryl methyl sites for hydroxylation is 2. The Morgan fingerprint density at radius 1 is 1.42 bits per heavy atom. The first kappa shape index (κ1) is 9.30. The van der Waals surface area contributed by atoms with E-state index in [1.807, 2.05) is 0 Å². The first-order chi connectivity index (χ1) is 5.45. The molecule has 0 bridgehead atoms. The van der Waals surface area contributed by atoms with E-state index in [-0.39, 0.29) is 5.41 Å². The van der Waals surface area contributed by atoms with E-state index in [2.05, 4.69) is 50.5 Å². The predicted octanol–water partition coefficient (Wildman–Crippen LogP) is 2.28. The molecule has 0 spiro atoms. The summed E-state index contributed by atoms with van der Waals surface area (Å²) < 4.78 is 2.12. The Labute approximate surface area is 74.6 Å². The summed E-state index contributed by atoms with van der Waals surface area (Å²) in [5.41, 5.74) is 1.34. The maximum Gasteiger partial charge on any atom is 0.114 e. The molecule has 1 aromatic heterocycles. The molecule has 0 atom stereocenters. The van der Waals surface area contributed by atoms with Crippen LogP contribution in [0.2, 0.25) is 0 Å². The average Bonchev–Trinajstić information content (AvgIpc) is 2.29. The fraction of sp³-hybridized carbons (Fsp3) is 0.700. The van der Waals surface area contributed by atoms with Gasteiger partial charge in [-0.15, -0.1) is 0 Å². The lowest BCUT2D eigenvalue weighted by molar-refractivity contribution is 0.522. The zero-order valence-corrected chi connectivity index (χ0v) is 8.68. The molecule has 2 heteroatoms. The highest BCUT2D eigenvalue weighted by atomic mass is 15.1. The van der Waals surface area contributed by atoms with Crippen LogP contribution in [-0.2, 0) is 18.9 Å². The number of imidazole rings is 1. The monoisotopic (exact) mass is 166 g/mol. The molecule has 12 heavy (non-hydrogen) atoms. The van der Waals surface area contributed by atoms with E-state index in [4.69, 9.17) is 0 Å². The van der Waals surface area contributed by atoms with Gasteiger partial charge < -0.3 is 4.57 Å². The lowest BCUT2D eigenvalue weighted by Gasteiger charge is -2.17. The minimum Gasteiger partial charge on any atom is -0.337 e. The molecule has 1 heterocycles. The molecule has 1 rings (SSSR count). The molecule has 0 saturated heterocycles. The van der Waals surface area contributed by atoms with Crippen LogP contribution in [0.3, 0.4) is 0 Å². The fourth-order valence-electron chi connectivity index (χ4n) is 1.40. The second-order valence-corrected chi connectivity index (χ2v) is 4.27. The molecular weight excluding hydrogens is 148 g/mol. The van der Waals surface area contributed by atoms with Crippen molar-refractivity contribution in [1.29, 1.82) is 0 Å². The topological polar surface area (TPSA) is 17.8 Å². The van der Waals surface area contributed by atoms with Crippen molar-refractivity contribution in [3.8, 4) is 0 Å². The molecule has 0 fully saturated rings. The SMILES string of the molecule is CCc1cn(C)c(C(C)(C)C)n1. The van der Waals surface area contributed by atoms with Crippen molar-refractivity contribution in [3.63, 3.8) is 0 Å². The van der Waals surface area contributed by atoms with E-state index in [1.54, 1.807) is 0 Å². The van der Waals surface area contributed by atoms with Crippen molar-refractivity contribution in [1.82, 2.24) is 9.55 Å². The standard InChI is InChI=1S/C10H18N2/c1-6-8-7-12(5)9(11-8)10(2,3)4/h7H,6H2,1-5H3. The quantitative estimate of drug-likeness (QED) is 0.626. The summed E-state index contributed by atoms with van der Waals surface area (Å²) in [6.45, 7) is 8.70. The second kappa shape index (κ2) is 2.92. The Bertz CT molecular complexity index is 266. The lowest BCUT2D eigenvalue weighted by atomic mass is 9.96. The van der Waals surface area contributed by atoms with Crippen LogP contribution in [-0.4, -0.2) is 9.55 Å². The molecule has 2 nitrogen and oxygen atoms in total. The van der Waals surface area contributed by atoms with Crippen molar-refractivity contribution < 1.29 is 0 Å². The Kier molecular flexibility index (Phi) is 2.27. The molecule has 0 N–H and O–H groups in total. The van der Waals surface area contributed by atoms with Crippen molar-refractivity contribution >= 4 is 0 Å². The molecule has 0 unspecified atom stereocenters. The minimum absolute atomic E-state index is 0.155. The lowest BCUT2D eigenvalue weighted by Crippen LogP contribution is -2.17. The Morgan fingerprint density at radius 3 is 2.25 bits per heavy atom. The van der Waals surface area contributed by atoms with Gasteiger partial charge in [-0.3, -0.25) is 0 Å². The van der Waals surface area contributed by atoms with E-state index in [0.717, 1.165) is 6.42 Å². The largest absolute Gasteiger partial charge is 0.337 e. The molecule has 0 aliphatic rings. The summed E-state index contributed by atoms with van der Waals surface area (Å²) in [7, 11) is 2.06. The van der Waals surface area contributed by atoms with Crippen molar-refractivity contribution in [2.24, 2.45) is 7.05 Å².